The molecule has 0 saturated heterocycles. The van der Waals surface area contributed by atoms with Crippen LogP contribution in [0.4, 0.5) is 0 Å². The van der Waals surface area contributed by atoms with Crippen LogP contribution in [0.5, 0.6) is 0 Å². The zero-order valence-electron chi connectivity index (χ0n) is 8.95. The van der Waals surface area contributed by atoms with Gasteiger partial charge in [-0.25, -0.2) is 0 Å². The molecule has 0 aliphatic heterocycles. The molecule has 2 nitrogen and oxygen atoms in total. The summed E-state index contributed by atoms with van der Waals surface area (Å²) in [5.74, 6) is 0. The van der Waals surface area contributed by atoms with Gasteiger partial charge < -0.3 is 10.2 Å². The van der Waals surface area contributed by atoms with Gasteiger partial charge in [-0.1, -0.05) is 13.8 Å². The average Bonchev–Trinajstić information content (AvgIpc) is 2.62. The predicted octanol–water partition coefficient (Wildman–Crippen LogP) is 2.64. The molecule has 0 aliphatic carbocycles. The first kappa shape index (κ1) is 11.7. The lowest BCUT2D eigenvalue weighted by Crippen LogP contribution is -2.34. The molecule has 3 heteroatoms. The van der Waals surface area contributed by atoms with Gasteiger partial charge in [0.2, 0.25) is 0 Å². The topological polar surface area (TPSA) is 40.5 Å². The minimum atomic E-state index is -0.980. The van der Waals surface area contributed by atoms with Crippen LogP contribution in [0.15, 0.2) is 11.4 Å². The van der Waals surface area contributed by atoms with Crippen LogP contribution in [0, 0.1) is 6.92 Å². The lowest BCUT2D eigenvalue weighted by Gasteiger charge is -2.31. The van der Waals surface area contributed by atoms with E-state index in [2.05, 4.69) is 0 Å². The van der Waals surface area contributed by atoms with E-state index in [1.807, 2.05) is 32.2 Å². The zero-order chi connectivity index (χ0) is 10.8. The number of thiophene rings is 1. The van der Waals surface area contributed by atoms with E-state index < -0.39 is 11.7 Å². The molecule has 14 heavy (non-hydrogen) atoms. The van der Waals surface area contributed by atoms with Gasteiger partial charge in [-0.05, 0) is 36.8 Å². The van der Waals surface area contributed by atoms with Crippen molar-refractivity contribution >= 4 is 11.3 Å². The van der Waals surface area contributed by atoms with Crippen molar-refractivity contribution in [1.82, 2.24) is 0 Å². The Hall–Kier alpha value is -0.380. The summed E-state index contributed by atoms with van der Waals surface area (Å²) in [6.45, 7) is 5.76. The van der Waals surface area contributed by atoms with Gasteiger partial charge in [0.05, 0.1) is 5.60 Å². The molecule has 0 aliphatic rings. The molecule has 1 rings (SSSR count). The summed E-state index contributed by atoms with van der Waals surface area (Å²) in [5.41, 5.74) is -0.118. The van der Waals surface area contributed by atoms with Crippen LogP contribution in [0.1, 0.15) is 43.2 Å². The summed E-state index contributed by atoms with van der Waals surface area (Å²) in [6.07, 6.45) is 0.378. The lowest BCUT2D eigenvalue weighted by molar-refractivity contribution is -0.0821. The highest BCUT2D eigenvalue weighted by molar-refractivity contribution is 7.10. The van der Waals surface area contributed by atoms with E-state index in [0.717, 1.165) is 10.4 Å². The molecule has 1 atom stereocenters. The maximum absolute atomic E-state index is 10.1. The number of rotatable bonds is 4. The van der Waals surface area contributed by atoms with Crippen LogP contribution < -0.4 is 0 Å². The van der Waals surface area contributed by atoms with Crippen molar-refractivity contribution in [3.05, 3.63) is 21.9 Å². The molecule has 0 amide bonds. The Morgan fingerprint density at radius 3 is 2.36 bits per heavy atom. The minimum Gasteiger partial charge on any atom is -0.387 e. The fraction of sp³-hybridized carbons (Fsp3) is 0.636. The van der Waals surface area contributed by atoms with Crippen molar-refractivity contribution in [3.8, 4) is 0 Å². The van der Waals surface area contributed by atoms with E-state index in [4.69, 9.17) is 0 Å². The highest BCUT2D eigenvalue weighted by atomic mass is 32.1. The van der Waals surface area contributed by atoms with Crippen LogP contribution in [0.3, 0.4) is 0 Å². The van der Waals surface area contributed by atoms with Gasteiger partial charge >= 0.3 is 0 Å². The van der Waals surface area contributed by atoms with Gasteiger partial charge in [-0.15, -0.1) is 11.3 Å². The Balaban J connectivity index is 2.94. The second kappa shape index (κ2) is 4.43. The Bertz CT molecular complexity index is 289. The number of hydrogen-bond donors (Lipinski definition) is 2. The van der Waals surface area contributed by atoms with Crippen LogP contribution in [-0.2, 0) is 0 Å². The number of aliphatic hydroxyl groups is 2. The summed E-state index contributed by atoms with van der Waals surface area (Å²) in [4.78, 5) is 1.08. The summed E-state index contributed by atoms with van der Waals surface area (Å²) in [6, 6.07) is 1.89. The summed E-state index contributed by atoms with van der Waals surface area (Å²) >= 11 is 1.60. The monoisotopic (exact) mass is 214 g/mol. The van der Waals surface area contributed by atoms with Crippen LogP contribution in [0.2, 0.25) is 0 Å². The molecular formula is C11H18O2S. The van der Waals surface area contributed by atoms with E-state index in [9.17, 15) is 10.2 Å². The SMILES string of the molecule is CCC(O)(CC)C(O)c1ccsc1C. The van der Waals surface area contributed by atoms with E-state index in [-0.39, 0.29) is 0 Å². The van der Waals surface area contributed by atoms with Crippen molar-refractivity contribution in [2.45, 2.75) is 45.3 Å². The second-order valence-corrected chi connectivity index (χ2v) is 4.77. The Morgan fingerprint density at radius 1 is 1.43 bits per heavy atom. The Labute approximate surface area is 89.2 Å². The second-order valence-electron chi connectivity index (χ2n) is 3.65. The van der Waals surface area contributed by atoms with Crippen molar-refractivity contribution in [1.29, 1.82) is 0 Å². The minimum absolute atomic E-state index is 0.569. The maximum atomic E-state index is 10.1. The molecule has 0 fully saturated rings. The molecule has 2 N–H and O–H groups in total. The van der Waals surface area contributed by atoms with Gasteiger partial charge in [0.25, 0.3) is 0 Å². The first-order valence-corrected chi connectivity index (χ1v) is 5.87. The van der Waals surface area contributed by atoms with E-state index in [0.29, 0.717) is 12.8 Å². The zero-order valence-corrected chi connectivity index (χ0v) is 9.77. The molecular weight excluding hydrogens is 196 g/mol. The third kappa shape index (κ3) is 2.00. The molecule has 0 bridgehead atoms. The molecule has 80 valence electrons. The number of hydrogen-bond acceptors (Lipinski definition) is 3. The third-order valence-corrected chi connectivity index (χ3v) is 3.79. The first-order chi connectivity index (χ1) is 6.55. The average molecular weight is 214 g/mol. The van der Waals surface area contributed by atoms with Crippen molar-refractivity contribution in [2.24, 2.45) is 0 Å². The lowest BCUT2D eigenvalue weighted by atomic mass is 9.87. The van der Waals surface area contributed by atoms with Gasteiger partial charge in [-0.2, -0.15) is 0 Å². The van der Waals surface area contributed by atoms with E-state index >= 15 is 0 Å². The Kier molecular flexibility index (Phi) is 3.70. The van der Waals surface area contributed by atoms with Gasteiger partial charge in [0, 0.05) is 4.88 Å². The normalized spacial score (nSPS) is 14.4. The third-order valence-electron chi connectivity index (χ3n) is 2.93. The molecule has 1 heterocycles. The van der Waals surface area contributed by atoms with Crippen LogP contribution in [-0.4, -0.2) is 15.8 Å². The highest BCUT2D eigenvalue weighted by Gasteiger charge is 2.33. The Morgan fingerprint density at radius 2 is 2.00 bits per heavy atom. The molecule has 0 radical (unpaired) electrons. The van der Waals surface area contributed by atoms with E-state index in [1.54, 1.807) is 11.3 Å². The van der Waals surface area contributed by atoms with Crippen molar-refractivity contribution in [3.63, 3.8) is 0 Å². The van der Waals surface area contributed by atoms with Gasteiger partial charge in [-0.3, -0.25) is 0 Å². The summed E-state index contributed by atoms with van der Waals surface area (Å²) in [5, 5.41) is 22.2. The summed E-state index contributed by atoms with van der Waals surface area (Å²) < 4.78 is 0. The van der Waals surface area contributed by atoms with Crippen LogP contribution in [0.25, 0.3) is 0 Å². The van der Waals surface area contributed by atoms with Crippen molar-refractivity contribution < 1.29 is 10.2 Å². The molecule has 0 saturated carbocycles. The smallest absolute Gasteiger partial charge is 0.109 e. The fourth-order valence-electron chi connectivity index (χ4n) is 1.60. The highest BCUT2D eigenvalue weighted by Crippen LogP contribution is 2.34. The largest absolute Gasteiger partial charge is 0.387 e. The fourth-order valence-corrected chi connectivity index (χ4v) is 2.34. The van der Waals surface area contributed by atoms with E-state index in [1.165, 1.54) is 0 Å². The van der Waals surface area contributed by atoms with Crippen molar-refractivity contribution in [2.75, 3.05) is 0 Å². The number of aliphatic hydroxyl groups excluding tert-OH is 1. The van der Waals surface area contributed by atoms with Gasteiger partial charge in [0.1, 0.15) is 6.10 Å². The molecule has 0 aromatic carbocycles. The maximum Gasteiger partial charge on any atom is 0.109 e. The van der Waals surface area contributed by atoms with Crippen LogP contribution >= 0.6 is 11.3 Å². The molecule has 0 spiro atoms. The standard InChI is InChI=1S/C11H18O2S/c1-4-11(13,5-2)10(12)9-6-7-14-8(9)3/h6-7,10,12-13H,4-5H2,1-3H3. The predicted molar refractivity (Wildman–Crippen MR) is 59.5 cm³/mol. The first-order valence-electron chi connectivity index (χ1n) is 4.99. The quantitative estimate of drug-likeness (QED) is 0.809. The molecule has 1 unspecified atom stereocenters. The molecule has 1 aromatic rings. The summed E-state index contributed by atoms with van der Waals surface area (Å²) in [7, 11) is 0. The van der Waals surface area contributed by atoms with Gasteiger partial charge in [0.15, 0.2) is 0 Å². The number of aryl methyl sites for hydroxylation is 1. The molecule has 1 aromatic heterocycles.